The average Bonchev–Trinajstić information content (AvgIpc) is 2.89. The lowest BCUT2D eigenvalue weighted by atomic mass is 10.2. The predicted octanol–water partition coefficient (Wildman–Crippen LogP) is 3.99. The number of carbonyl (C=O) groups is 2. The van der Waals surface area contributed by atoms with Gasteiger partial charge in [-0.3, -0.25) is 10.1 Å². The van der Waals surface area contributed by atoms with Gasteiger partial charge in [0.2, 0.25) is 0 Å². The number of carbonyl (C=O) groups excluding carboxylic acids is 2. The van der Waals surface area contributed by atoms with Crippen LogP contribution in [0.2, 0.25) is 0 Å². The first-order valence-electron chi connectivity index (χ1n) is 7.23. The molecule has 1 N–H and O–H groups in total. The average molecular weight is 350 g/mol. The number of hydrogen-bond donors (Lipinski definition) is 1. The SMILES string of the molecule is CCOC(=O)c1sc(NC(=O)c2ccc(SCC)cc2)nc1C. The molecule has 23 heavy (non-hydrogen) atoms. The number of nitrogens with one attached hydrogen (secondary N) is 1. The maximum absolute atomic E-state index is 12.2. The molecule has 1 amide bonds. The van der Waals surface area contributed by atoms with Gasteiger partial charge in [-0.1, -0.05) is 18.3 Å². The van der Waals surface area contributed by atoms with E-state index in [9.17, 15) is 9.59 Å². The lowest BCUT2D eigenvalue weighted by molar-refractivity contribution is 0.0531. The van der Waals surface area contributed by atoms with Crippen molar-refractivity contribution in [1.82, 2.24) is 4.98 Å². The normalized spacial score (nSPS) is 10.4. The Balaban J connectivity index is 2.08. The van der Waals surface area contributed by atoms with E-state index in [1.807, 2.05) is 12.1 Å². The van der Waals surface area contributed by atoms with E-state index in [0.29, 0.717) is 27.9 Å². The van der Waals surface area contributed by atoms with Crippen LogP contribution in [0.5, 0.6) is 0 Å². The molecule has 2 aromatic rings. The zero-order valence-electron chi connectivity index (χ0n) is 13.2. The number of thioether (sulfide) groups is 1. The van der Waals surface area contributed by atoms with E-state index in [1.165, 1.54) is 0 Å². The second-order valence-electron chi connectivity index (χ2n) is 4.57. The number of esters is 1. The van der Waals surface area contributed by atoms with Crippen molar-refractivity contribution in [3.63, 3.8) is 0 Å². The van der Waals surface area contributed by atoms with Gasteiger partial charge in [0.15, 0.2) is 5.13 Å². The molecular weight excluding hydrogens is 332 g/mol. The van der Waals surface area contributed by atoms with Crippen molar-refractivity contribution in [2.45, 2.75) is 25.7 Å². The largest absolute Gasteiger partial charge is 0.462 e. The summed E-state index contributed by atoms with van der Waals surface area (Å²) < 4.78 is 4.96. The topological polar surface area (TPSA) is 68.3 Å². The molecule has 0 spiro atoms. The quantitative estimate of drug-likeness (QED) is 0.630. The first-order valence-corrected chi connectivity index (χ1v) is 9.04. The van der Waals surface area contributed by atoms with E-state index in [1.54, 1.807) is 37.7 Å². The van der Waals surface area contributed by atoms with Crippen LogP contribution in [0.3, 0.4) is 0 Å². The number of hydrogen-bond acceptors (Lipinski definition) is 6. The van der Waals surface area contributed by atoms with Gasteiger partial charge in [0, 0.05) is 10.5 Å². The maximum atomic E-state index is 12.2. The molecule has 0 saturated carbocycles. The number of nitrogens with zero attached hydrogens (tertiary/aromatic N) is 1. The van der Waals surface area contributed by atoms with E-state index >= 15 is 0 Å². The van der Waals surface area contributed by atoms with Crippen LogP contribution in [0.25, 0.3) is 0 Å². The summed E-state index contributed by atoms with van der Waals surface area (Å²) >= 11 is 2.84. The van der Waals surface area contributed by atoms with Gasteiger partial charge in [-0.25, -0.2) is 9.78 Å². The van der Waals surface area contributed by atoms with E-state index in [0.717, 1.165) is 22.0 Å². The minimum Gasteiger partial charge on any atom is -0.462 e. The number of amides is 1. The summed E-state index contributed by atoms with van der Waals surface area (Å²) in [5, 5.41) is 3.11. The maximum Gasteiger partial charge on any atom is 0.350 e. The Labute approximate surface area is 143 Å². The number of ether oxygens (including phenoxy) is 1. The molecule has 1 aromatic heterocycles. The van der Waals surface area contributed by atoms with Gasteiger partial charge in [0.1, 0.15) is 4.88 Å². The van der Waals surface area contributed by atoms with Gasteiger partial charge in [-0.2, -0.15) is 0 Å². The molecule has 0 radical (unpaired) electrons. The minimum absolute atomic E-state index is 0.248. The van der Waals surface area contributed by atoms with Gasteiger partial charge in [0.05, 0.1) is 12.3 Å². The summed E-state index contributed by atoms with van der Waals surface area (Å²) in [6, 6.07) is 7.39. The Morgan fingerprint density at radius 3 is 2.57 bits per heavy atom. The fourth-order valence-corrected chi connectivity index (χ4v) is 3.39. The molecule has 0 aliphatic carbocycles. The van der Waals surface area contributed by atoms with E-state index in [2.05, 4.69) is 17.2 Å². The number of benzene rings is 1. The Bertz CT molecular complexity index is 696. The molecule has 0 saturated heterocycles. The number of thiazole rings is 1. The molecule has 0 bridgehead atoms. The van der Waals surface area contributed by atoms with Crippen LogP contribution in [0.1, 0.15) is 39.6 Å². The summed E-state index contributed by atoms with van der Waals surface area (Å²) in [6.07, 6.45) is 0. The minimum atomic E-state index is -0.413. The van der Waals surface area contributed by atoms with Gasteiger partial charge in [0.25, 0.3) is 5.91 Å². The molecule has 0 unspecified atom stereocenters. The van der Waals surface area contributed by atoms with Crippen LogP contribution in [0, 0.1) is 6.92 Å². The molecule has 0 atom stereocenters. The van der Waals surface area contributed by atoms with Crippen molar-refractivity contribution in [3.8, 4) is 0 Å². The highest BCUT2D eigenvalue weighted by molar-refractivity contribution is 7.99. The highest BCUT2D eigenvalue weighted by Gasteiger charge is 2.17. The van der Waals surface area contributed by atoms with Crippen molar-refractivity contribution < 1.29 is 14.3 Å². The molecule has 0 fully saturated rings. The fourth-order valence-electron chi connectivity index (χ4n) is 1.87. The summed E-state index contributed by atoms with van der Waals surface area (Å²) in [7, 11) is 0. The van der Waals surface area contributed by atoms with Crippen LogP contribution >= 0.6 is 23.1 Å². The standard InChI is InChI=1S/C16H18N2O3S2/c1-4-21-15(20)13-10(3)17-16(23-13)18-14(19)11-6-8-12(9-7-11)22-5-2/h6-9H,4-5H2,1-3H3,(H,17,18,19). The van der Waals surface area contributed by atoms with Crippen LogP contribution in [-0.4, -0.2) is 29.2 Å². The monoisotopic (exact) mass is 350 g/mol. The van der Waals surface area contributed by atoms with Crippen molar-refractivity contribution in [2.75, 3.05) is 17.7 Å². The van der Waals surface area contributed by atoms with E-state index in [-0.39, 0.29) is 5.91 Å². The van der Waals surface area contributed by atoms with Crippen molar-refractivity contribution >= 4 is 40.1 Å². The van der Waals surface area contributed by atoms with Crippen LogP contribution < -0.4 is 5.32 Å². The molecule has 7 heteroatoms. The predicted molar refractivity (Wildman–Crippen MR) is 93.6 cm³/mol. The Morgan fingerprint density at radius 2 is 1.96 bits per heavy atom. The van der Waals surface area contributed by atoms with Crippen LogP contribution in [0.4, 0.5) is 5.13 Å². The fraction of sp³-hybridized carbons (Fsp3) is 0.312. The second-order valence-corrected chi connectivity index (χ2v) is 6.90. The van der Waals surface area contributed by atoms with Crippen molar-refractivity contribution in [3.05, 3.63) is 40.4 Å². The zero-order valence-corrected chi connectivity index (χ0v) is 14.8. The summed E-state index contributed by atoms with van der Waals surface area (Å²) in [5.74, 6) is 0.326. The Morgan fingerprint density at radius 1 is 1.26 bits per heavy atom. The van der Waals surface area contributed by atoms with E-state index < -0.39 is 5.97 Å². The number of anilines is 1. The summed E-state index contributed by atoms with van der Waals surface area (Å²) in [6.45, 7) is 5.85. The molecule has 5 nitrogen and oxygen atoms in total. The summed E-state index contributed by atoms with van der Waals surface area (Å²) in [5.41, 5.74) is 1.11. The van der Waals surface area contributed by atoms with Gasteiger partial charge in [-0.15, -0.1) is 11.8 Å². The van der Waals surface area contributed by atoms with E-state index in [4.69, 9.17) is 4.74 Å². The second kappa shape index (κ2) is 8.12. The molecule has 0 aliphatic rings. The highest BCUT2D eigenvalue weighted by Crippen LogP contribution is 2.24. The Kier molecular flexibility index (Phi) is 6.18. The van der Waals surface area contributed by atoms with Crippen molar-refractivity contribution in [1.29, 1.82) is 0 Å². The molecule has 2 rings (SSSR count). The first-order chi connectivity index (χ1) is 11.0. The first kappa shape index (κ1) is 17.5. The molecule has 122 valence electrons. The summed E-state index contributed by atoms with van der Waals surface area (Å²) in [4.78, 5) is 29.7. The molecule has 1 heterocycles. The molecule has 1 aromatic carbocycles. The molecule has 0 aliphatic heterocycles. The zero-order chi connectivity index (χ0) is 16.8. The smallest absolute Gasteiger partial charge is 0.350 e. The van der Waals surface area contributed by atoms with Crippen LogP contribution in [-0.2, 0) is 4.74 Å². The molecular formula is C16H18N2O3S2. The third-order valence-electron chi connectivity index (χ3n) is 2.91. The van der Waals surface area contributed by atoms with Gasteiger partial charge in [-0.05, 0) is 43.9 Å². The number of aromatic nitrogens is 1. The van der Waals surface area contributed by atoms with Crippen LogP contribution in [0.15, 0.2) is 29.2 Å². The highest BCUT2D eigenvalue weighted by atomic mass is 32.2. The third-order valence-corrected chi connectivity index (χ3v) is 4.85. The lowest BCUT2D eigenvalue weighted by Crippen LogP contribution is -2.11. The van der Waals surface area contributed by atoms with Gasteiger partial charge >= 0.3 is 5.97 Å². The third kappa shape index (κ3) is 4.56. The van der Waals surface area contributed by atoms with Crippen molar-refractivity contribution in [2.24, 2.45) is 0 Å². The lowest BCUT2D eigenvalue weighted by Gasteiger charge is -2.03. The number of rotatable bonds is 6. The van der Waals surface area contributed by atoms with Gasteiger partial charge < -0.3 is 4.74 Å². The number of aryl methyl sites for hydroxylation is 1. The Hall–Kier alpha value is -1.86.